The highest BCUT2D eigenvalue weighted by atomic mass is 127. The quantitative estimate of drug-likeness (QED) is 0.232. The van der Waals surface area contributed by atoms with Crippen LogP contribution in [-0.2, 0) is 18.7 Å². The number of benzene rings is 1. The fourth-order valence-corrected chi connectivity index (χ4v) is 3.45. The van der Waals surface area contributed by atoms with Crippen LogP contribution in [-0.4, -0.2) is 33.7 Å². The molecule has 1 unspecified atom stereocenters. The molecule has 8 heteroatoms. The number of aliphatic hydroxyl groups is 1. The van der Waals surface area contributed by atoms with Crippen LogP contribution in [0.3, 0.4) is 0 Å². The average molecular weight is 537 g/mol. The molecule has 0 fully saturated rings. The minimum Gasteiger partial charge on any atom is -0.466 e. The third kappa shape index (κ3) is 7.10. The second-order valence-electron chi connectivity index (χ2n) is 7.70. The van der Waals surface area contributed by atoms with Gasteiger partial charge in [-0.2, -0.15) is 0 Å². The van der Waals surface area contributed by atoms with E-state index in [1.807, 2.05) is 50.0 Å². The van der Waals surface area contributed by atoms with Crippen LogP contribution in [0.15, 0.2) is 58.5 Å². The van der Waals surface area contributed by atoms with Gasteiger partial charge in [-0.15, -0.1) is 24.0 Å². The molecular formula is C23H32IN5O2. The molecule has 2 heterocycles. The van der Waals surface area contributed by atoms with Gasteiger partial charge in [0, 0.05) is 31.0 Å². The standard InChI is InChI=1S/C23H31N5O2.HI/c1-5-25-22(27-15-23(4,29)21-11-17(2)30-18(21)3)26-13-19-7-6-8-20(12-19)14-28-10-9-24-16-28;/h6-12,16,29H,5,13-15H2,1-4H3,(H2,25,26,27);1H. The smallest absolute Gasteiger partial charge is 0.191 e. The van der Waals surface area contributed by atoms with Crippen molar-refractivity contribution < 1.29 is 9.52 Å². The van der Waals surface area contributed by atoms with Crippen molar-refractivity contribution >= 4 is 29.9 Å². The molecule has 0 spiro atoms. The molecule has 2 aromatic heterocycles. The van der Waals surface area contributed by atoms with E-state index in [1.54, 1.807) is 13.1 Å². The van der Waals surface area contributed by atoms with Crippen LogP contribution >= 0.6 is 24.0 Å². The van der Waals surface area contributed by atoms with E-state index in [-0.39, 0.29) is 24.0 Å². The van der Waals surface area contributed by atoms with Crippen molar-refractivity contribution in [2.75, 3.05) is 13.1 Å². The van der Waals surface area contributed by atoms with Crippen molar-refractivity contribution in [2.45, 2.75) is 46.4 Å². The number of aliphatic imine (C=N–C) groups is 1. The summed E-state index contributed by atoms with van der Waals surface area (Å²) >= 11 is 0. The van der Waals surface area contributed by atoms with Crippen LogP contribution < -0.4 is 10.6 Å². The van der Waals surface area contributed by atoms with Gasteiger partial charge in [-0.25, -0.2) is 9.98 Å². The Hall–Kier alpha value is -2.33. The van der Waals surface area contributed by atoms with Crippen molar-refractivity contribution in [2.24, 2.45) is 4.99 Å². The molecule has 0 aliphatic carbocycles. The Labute approximate surface area is 201 Å². The van der Waals surface area contributed by atoms with E-state index in [2.05, 4.69) is 38.8 Å². The first-order valence-electron chi connectivity index (χ1n) is 10.2. The van der Waals surface area contributed by atoms with Gasteiger partial charge < -0.3 is 24.7 Å². The minimum atomic E-state index is -1.07. The molecule has 3 N–H and O–H groups in total. The van der Waals surface area contributed by atoms with Crippen LogP contribution in [0.4, 0.5) is 0 Å². The van der Waals surface area contributed by atoms with E-state index in [9.17, 15) is 5.11 Å². The number of imidazole rings is 1. The van der Waals surface area contributed by atoms with Crippen molar-refractivity contribution in [3.63, 3.8) is 0 Å². The zero-order chi connectivity index (χ0) is 21.6. The molecule has 3 rings (SSSR count). The van der Waals surface area contributed by atoms with Gasteiger partial charge in [0.15, 0.2) is 5.96 Å². The summed E-state index contributed by atoms with van der Waals surface area (Å²) in [6.45, 7) is 9.92. The zero-order valence-electron chi connectivity index (χ0n) is 18.6. The maximum atomic E-state index is 10.9. The zero-order valence-corrected chi connectivity index (χ0v) is 20.9. The number of aryl methyl sites for hydroxylation is 2. The Bertz CT molecular complexity index is 980. The third-order valence-corrected chi connectivity index (χ3v) is 4.90. The normalized spacial score (nSPS) is 13.4. The Morgan fingerprint density at radius 1 is 1.23 bits per heavy atom. The number of guanidine groups is 1. The Kier molecular flexibility index (Phi) is 9.12. The van der Waals surface area contributed by atoms with Crippen LogP contribution in [0.1, 0.15) is 42.1 Å². The predicted octanol–water partition coefficient (Wildman–Crippen LogP) is 3.72. The van der Waals surface area contributed by atoms with E-state index in [1.165, 1.54) is 5.56 Å². The van der Waals surface area contributed by atoms with Crippen molar-refractivity contribution in [1.29, 1.82) is 0 Å². The van der Waals surface area contributed by atoms with Gasteiger partial charge in [0.25, 0.3) is 0 Å². The summed E-state index contributed by atoms with van der Waals surface area (Å²) in [7, 11) is 0. The van der Waals surface area contributed by atoms with Gasteiger partial charge in [0.1, 0.15) is 17.1 Å². The number of furan rings is 1. The number of halogens is 1. The molecule has 1 atom stereocenters. The van der Waals surface area contributed by atoms with Gasteiger partial charge >= 0.3 is 0 Å². The molecule has 31 heavy (non-hydrogen) atoms. The topological polar surface area (TPSA) is 87.6 Å². The number of aromatic nitrogens is 2. The highest BCUT2D eigenvalue weighted by molar-refractivity contribution is 14.0. The lowest BCUT2D eigenvalue weighted by Gasteiger charge is -2.24. The van der Waals surface area contributed by atoms with E-state index in [0.717, 1.165) is 35.7 Å². The van der Waals surface area contributed by atoms with E-state index < -0.39 is 5.60 Å². The van der Waals surface area contributed by atoms with Crippen molar-refractivity contribution in [3.8, 4) is 0 Å². The molecule has 3 aromatic rings. The molecule has 1 aromatic carbocycles. The average Bonchev–Trinajstić information content (AvgIpc) is 3.33. The maximum absolute atomic E-state index is 10.9. The summed E-state index contributed by atoms with van der Waals surface area (Å²) in [4.78, 5) is 8.77. The lowest BCUT2D eigenvalue weighted by Crippen LogP contribution is -2.44. The molecular weight excluding hydrogens is 505 g/mol. The highest BCUT2D eigenvalue weighted by Gasteiger charge is 2.27. The fraction of sp³-hybridized carbons (Fsp3) is 0.391. The summed E-state index contributed by atoms with van der Waals surface area (Å²) in [5, 5.41) is 17.4. The minimum absolute atomic E-state index is 0. The first kappa shape index (κ1) is 24.9. The Balaban J connectivity index is 0.00000341. The van der Waals surface area contributed by atoms with Crippen molar-refractivity contribution in [3.05, 3.63) is 77.3 Å². The number of nitrogens with one attached hydrogen (secondary N) is 2. The molecule has 0 aliphatic heterocycles. The number of hydrogen-bond donors (Lipinski definition) is 3. The van der Waals surface area contributed by atoms with Gasteiger partial charge in [0.2, 0.25) is 0 Å². The molecule has 168 valence electrons. The highest BCUT2D eigenvalue weighted by Crippen LogP contribution is 2.26. The first-order valence-corrected chi connectivity index (χ1v) is 10.2. The van der Waals surface area contributed by atoms with Crippen LogP contribution in [0.2, 0.25) is 0 Å². The van der Waals surface area contributed by atoms with Gasteiger partial charge in [-0.1, -0.05) is 24.3 Å². The second kappa shape index (κ2) is 11.3. The molecule has 0 bridgehead atoms. The first-order chi connectivity index (χ1) is 14.4. The van der Waals surface area contributed by atoms with Crippen molar-refractivity contribution in [1.82, 2.24) is 20.2 Å². The Morgan fingerprint density at radius 3 is 2.65 bits per heavy atom. The van der Waals surface area contributed by atoms with Crippen LogP contribution in [0.25, 0.3) is 0 Å². The summed E-state index contributed by atoms with van der Waals surface area (Å²) in [5.41, 5.74) is 2.05. The number of rotatable bonds is 8. The summed E-state index contributed by atoms with van der Waals surface area (Å²) in [6, 6.07) is 10.3. The Morgan fingerprint density at radius 2 is 2.00 bits per heavy atom. The summed E-state index contributed by atoms with van der Waals surface area (Å²) < 4.78 is 7.61. The van der Waals surface area contributed by atoms with Crippen LogP contribution in [0, 0.1) is 13.8 Å². The molecule has 0 saturated carbocycles. The lowest BCUT2D eigenvalue weighted by atomic mass is 9.96. The molecule has 0 radical (unpaired) electrons. The monoisotopic (exact) mass is 537 g/mol. The number of nitrogens with zero attached hydrogens (tertiary/aromatic N) is 3. The van der Waals surface area contributed by atoms with E-state index in [0.29, 0.717) is 19.0 Å². The lowest BCUT2D eigenvalue weighted by molar-refractivity contribution is 0.0601. The molecule has 0 aliphatic rings. The molecule has 7 nitrogen and oxygen atoms in total. The number of hydrogen-bond acceptors (Lipinski definition) is 4. The van der Waals surface area contributed by atoms with Gasteiger partial charge in [0.05, 0.1) is 19.4 Å². The largest absolute Gasteiger partial charge is 0.466 e. The second-order valence-corrected chi connectivity index (χ2v) is 7.70. The predicted molar refractivity (Wildman–Crippen MR) is 134 cm³/mol. The van der Waals surface area contributed by atoms with Gasteiger partial charge in [-0.05, 0) is 44.9 Å². The van der Waals surface area contributed by atoms with Gasteiger partial charge in [-0.3, -0.25) is 0 Å². The van der Waals surface area contributed by atoms with E-state index in [4.69, 9.17) is 4.42 Å². The third-order valence-electron chi connectivity index (χ3n) is 4.90. The fourth-order valence-electron chi connectivity index (χ4n) is 3.45. The summed E-state index contributed by atoms with van der Waals surface area (Å²) in [5.74, 6) is 2.19. The maximum Gasteiger partial charge on any atom is 0.191 e. The van der Waals surface area contributed by atoms with E-state index >= 15 is 0 Å². The molecule has 0 amide bonds. The SMILES string of the molecule is CCNC(=NCc1cccc(Cn2ccnc2)c1)NCC(C)(O)c1cc(C)oc1C.I. The summed E-state index contributed by atoms with van der Waals surface area (Å²) in [6.07, 6.45) is 5.55. The van der Waals surface area contributed by atoms with Crippen LogP contribution in [0.5, 0.6) is 0 Å². The molecule has 0 saturated heterocycles.